The number of hydrogen-bond acceptors (Lipinski definition) is 13. The van der Waals surface area contributed by atoms with E-state index in [1.54, 1.807) is 103 Å². The van der Waals surface area contributed by atoms with Crippen molar-refractivity contribution in [2.24, 2.45) is 0 Å². The van der Waals surface area contributed by atoms with Crippen LogP contribution in [0.25, 0.3) is 6.08 Å². The van der Waals surface area contributed by atoms with Gasteiger partial charge in [-0.2, -0.15) is 0 Å². The van der Waals surface area contributed by atoms with Crippen LogP contribution < -0.4 is 4.74 Å². The van der Waals surface area contributed by atoms with Crippen molar-refractivity contribution in [3.05, 3.63) is 214 Å². The monoisotopic (exact) mass is 904 g/mol. The SMILES string of the molecule is C=Cc1cc(COC(C)=O)cc([C@@]2(O)O[C@H]([C@H](C)OC(=O)c3ccccc3)[C@@H](OC(=O)c3ccccc3)[C@H](OC(=O)c3ccccc3)[C@H]2OC(=O)c2ccccc2)c1Cc1ccc(OC)cc1. The molecule has 6 aromatic carbocycles. The molecule has 0 aliphatic carbocycles. The Balaban J connectivity index is 1.49. The van der Waals surface area contributed by atoms with Gasteiger partial charge in [-0.15, -0.1) is 0 Å². The number of benzene rings is 6. The average molecular weight is 905 g/mol. The summed E-state index contributed by atoms with van der Waals surface area (Å²) in [4.78, 5) is 69.0. The maximum absolute atomic E-state index is 14.4. The summed E-state index contributed by atoms with van der Waals surface area (Å²) in [5.41, 5.74) is 2.31. The molecule has 1 fully saturated rings. The minimum atomic E-state index is -2.86. The van der Waals surface area contributed by atoms with Crippen molar-refractivity contribution in [3.8, 4) is 5.75 Å². The van der Waals surface area contributed by atoms with E-state index in [9.17, 15) is 29.1 Å². The van der Waals surface area contributed by atoms with Crippen molar-refractivity contribution in [1.29, 1.82) is 0 Å². The zero-order chi connectivity index (χ0) is 47.5. The van der Waals surface area contributed by atoms with Gasteiger partial charge in [0.15, 0.2) is 12.2 Å². The van der Waals surface area contributed by atoms with Crippen LogP contribution in [-0.4, -0.2) is 72.6 Å². The van der Waals surface area contributed by atoms with Gasteiger partial charge in [0.1, 0.15) is 24.6 Å². The predicted octanol–water partition coefficient (Wildman–Crippen LogP) is 8.46. The fourth-order valence-corrected chi connectivity index (χ4v) is 7.75. The summed E-state index contributed by atoms with van der Waals surface area (Å²) in [6, 6.07) is 42.3. The van der Waals surface area contributed by atoms with Gasteiger partial charge in [-0.1, -0.05) is 97.6 Å². The number of rotatable bonds is 16. The van der Waals surface area contributed by atoms with Crippen LogP contribution in [-0.2, 0) is 52.0 Å². The molecule has 0 aromatic heterocycles. The molecule has 1 aliphatic rings. The van der Waals surface area contributed by atoms with Gasteiger partial charge in [0.05, 0.1) is 29.4 Å². The number of esters is 5. The van der Waals surface area contributed by atoms with Gasteiger partial charge in [-0.3, -0.25) is 4.79 Å². The highest BCUT2D eigenvalue weighted by molar-refractivity contribution is 5.92. The van der Waals surface area contributed by atoms with E-state index < -0.39 is 66.2 Å². The summed E-state index contributed by atoms with van der Waals surface area (Å²) in [5.74, 6) is -6.47. The predicted molar refractivity (Wildman–Crippen MR) is 245 cm³/mol. The third-order valence-corrected chi connectivity index (χ3v) is 11.1. The van der Waals surface area contributed by atoms with Crippen LogP contribution >= 0.6 is 0 Å². The molecule has 1 saturated heterocycles. The molecule has 1 N–H and O–H groups in total. The Hall–Kier alpha value is -7.87. The Morgan fingerprint density at radius 1 is 0.657 bits per heavy atom. The fraction of sp³-hybridized carbons (Fsp3) is 0.204. The van der Waals surface area contributed by atoms with Crippen LogP contribution in [0.4, 0.5) is 0 Å². The summed E-state index contributed by atoms with van der Waals surface area (Å²) >= 11 is 0. The fourth-order valence-electron chi connectivity index (χ4n) is 7.75. The molecule has 67 heavy (non-hydrogen) atoms. The number of methoxy groups -OCH3 is 1. The number of hydrogen-bond donors (Lipinski definition) is 1. The van der Waals surface area contributed by atoms with E-state index in [4.69, 9.17) is 33.2 Å². The van der Waals surface area contributed by atoms with Crippen molar-refractivity contribution in [3.63, 3.8) is 0 Å². The lowest BCUT2D eigenvalue weighted by atomic mass is 9.81. The van der Waals surface area contributed by atoms with Crippen molar-refractivity contribution < 1.29 is 62.2 Å². The van der Waals surface area contributed by atoms with Crippen LogP contribution in [0.15, 0.2) is 164 Å². The Kier molecular flexibility index (Phi) is 15.1. The van der Waals surface area contributed by atoms with Gasteiger partial charge in [0.2, 0.25) is 11.9 Å². The molecular weight excluding hydrogens is 857 g/mol. The van der Waals surface area contributed by atoms with Crippen LogP contribution in [0.2, 0.25) is 0 Å². The second-order valence-corrected chi connectivity index (χ2v) is 15.6. The third-order valence-electron chi connectivity index (χ3n) is 11.1. The first-order chi connectivity index (χ1) is 32.4. The first-order valence-corrected chi connectivity index (χ1v) is 21.4. The molecule has 0 saturated carbocycles. The van der Waals surface area contributed by atoms with Crippen LogP contribution in [0.3, 0.4) is 0 Å². The normalized spacial score (nSPS) is 19.2. The third kappa shape index (κ3) is 11.2. The van der Waals surface area contributed by atoms with Gasteiger partial charge < -0.3 is 38.3 Å². The lowest BCUT2D eigenvalue weighted by Crippen LogP contribution is -2.68. The molecule has 6 atom stereocenters. The van der Waals surface area contributed by atoms with E-state index in [-0.39, 0.29) is 40.8 Å². The van der Waals surface area contributed by atoms with E-state index in [0.717, 1.165) is 5.56 Å². The zero-order valence-electron chi connectivity index (χ0n) is 36.9. The average Bonchev–Trinajstić information content (AvgIpc) is 3.36. The van der Waals surface area contributed by atoms with Crippen molar-refractivity contribution in [2.75, 3.05) is 7.11 Å². The number of carbonyl (C=O) groups is 5. The molecule has 1 heterocycles. The summed E-state index contributed by atoms with van der Waals surface area (Å²) in [5, 5.41) is 13.8. The van der Waals surface area contributed by atoms with Gasteiger partial charge in [0.25, 0.3) is 0 Å². The first kappa shape index (κ1) is 47.1. The number of aliphatic hydroxyl groups is 1. The summed E-state index contributed by atoms with van der Waals surface area (Å²) in [7, 11) is 1.54. The molecular formula is C54H48O13. The molecule has 1 aliphatic heterocycles. The minimum absolute atomic E-state index is 0.0334. The minimum Gasteiger partial charge on any atom is -0.497 e. The van der Waals surface area contributed by atoms with E-state index in [2.05, 4.69) is 6.58 Å². The molecule has 342 valence electrons. The van der Waals surface area contributed by atoms with E-state index >= 15 is 0 Å². The summed E-state index contributed by atoms with van der Waals surface area (Å²) < 4.78 is 42.6. The molecule has 7 rings (SSSR count). The van der Waals surface area contributed by atoms with E-state index in [1.807, 2.05) is 12.1 Å². The maximum Gasteiger partial charge on any atom is 0.338 e. The van der Waals surface area contributed by atoms with E-state index in [1.165, 1.54) is 69.5 Å². The second-order valence-electron chi connectivity index (χ2n) is 15.6. The molecule has 13 heteroatoms. The van der Waals surface area contributed by atoms with Crippen molar-refractivity contribution in [1.82, 2.24) is 0 Å². The molecule has 6 aromatic rings. The van der Waals surface area contributed by atoms with Crippen LogP contribution in [0.5, 0.6) is 5.75 Å². The molecule has 0 unspecified atom stereocenters. The summed E-state index contributed by atoms with van der Waals surface area (Å²) in [6.45, 7) is 6.50. The summed E-state index contributed by atoms with van der Waals surface area (Å²) in [6.07, 6.45) is -7.10. The highest BCUT2D eigenvalue weighted by atomic mass is 16.7. The smallest absolute Gasteiger partial charge is 0.338 e. The van der Waals surface area contributed by atoms with Crippen LogP contribution in [0, 0.1) is 0 Å². The lowest BCUT2D eigenvalue weighted by Gasteiger charge is -2.50. The quantitative estimate of drug-likeness (QED) is 0.0726. The number of ether oxygens (including phenoxy) is 7. The number of carbonyl (C=O) groups excluding carboxylic acids is 5. The molecule has 0 bridgehead atoms. The maximum atomic E-state index is 14.4. The first-order valence-electron chi connectivity index (χ1n) is 21.4. The van der Waals surface area contributed by atoms with Gasteiger partial charge in [-0.25, -0.2) is 19.2 Å². The van der Waals surface area contributed by atoms with Crippen molar-refractivity contribution >= 4 is 35.9 Å². The van der Waals surface area contributed by atoms with Crippen molar-refractivity contribution in [2.45, 2.75) is 63.2 Å². The highest BCUT2D eigenvalue weighted by Crippen LogP contribution is 2.45. The molecule has 0 amide bonds. The van der Waals surface area contributed by atoms with E-state index in [0.29, 0.717) is 22.4 Å². The van der Waals surface area contributed by atoms with Gasteiger partial charge in [-0.05, 0) is 108 Å². The van der Waals surface area contributed by atoms with Gasteiger partial charge >= 0.3 is 29.8 Å². The topological polar surface area (TPSA) is 170 Å². The second kappa shape index (κ2) is 21.4. The lowest BCUT2D eigenvalue weighted by molar-refractivity contribution is -0.360. The zero-order valence-corrected chi connectivity index (χ0v) is 36.9. The Morgan fingerprint density at radius 3 is 1.61 bits per heavy atom. The van der Waals surface area contributed by atoms with Gasteiger partial charge in [0, 0.05) is 12.5 Å². The Morgan fingerprint density at radius 2 is 1.13 bits per heavy atom. The standard InChI is InChI=1S/C54H48O13/c1-5-38-30-37(33-62-35(3)55)32-45(44(38)31-36-26-28-43(61-4)29-27-36)54(60)49(66-53(59)42-24-16-9-17-25-42)48(65-52(58)41-22-14-8-15-23-41)47(64-51(57)40-20-12-7-13-21-40)46(67-54)34(2)63-50(56)39-18-10-6-11-19-39/h5-30,32,34,46-49,60H,1,31,33H2,2-4H3/t34-,46+,47+,48-,49+,54+/m0/s1. The largest absolute Gasteiger partial charge is 0.497 e. The molecule has 13 nitrogen and oxygen atoms in total. The molecule has 0 spiro atoms. The molecule has 0 radical (unpaired) electrons. The Labute approximate surface area is 387 Å². The Bertz CT molecular complexity index is 2690. The highest BCUT2D eigenvalue weighted by Gasteiger charge is 2.63. The van der Waals surface area contributed by atoms with Crippen LogP contribution in [0.1, 0.15) is 83.1 Å².